The summed E-state index contributed by atoms with van der Waals surface area (Å²) in [6.45, 7) is -4.80. The molecule has 2 aliphatic rings. The first kappa shape index (κ1) is 54.7. The fraction of sp³-hybridized carbons (Fsp3) is 0.340. The van der Waals surface area contributed by atoms with Crippen molar-refractivity contribution in [2.45, 2.75) is 61.4 Å². The van der Waals surface area contributed by atoms with E-state index in [0.29, 0.717) is 39.4 Å². The number of fused-ring (bicyclic) bond motifs is 1. The number of H-pyrrole nitrogens is 1. The van der Waals surface area contributed by atoms with E-state index in [1.165, 1.54) is 36.6 Å². The van der Waals surface area contributed by atoms with Crippen molar-refractivity contribution in [3.8, 4) is 17.6 Å². The van der Waals surface area contributed by atoms with Gasteiger partial charge in [0.25, 0.3) is 11.5 Å². The van der Waals surface area contributed by atoms with Crippen LogP contribution in [-0.4, -0.2) is 125 Å². The molecule has 1 unspecified atom stereocenters. The third-order valence-corrected chi connectivity index (χ3v) is 15.3. The van der Waals surface area contributed by atoms with Crippen LogP contribution >= 0.6 is 6.72 Å². The normalized spacial score (nSPS) is 21.1. The number of nitrogens with one attached hydrogen (secondary N) is 2. The largest absolute Gasteiger partial charge is 0.497 e. The van der Waals surface area contributed by atoms with Crippen molar-refractivity contribution in [3.63, 3.8) is 0 Å². The molecule has 0 aliphatic carbocycles. The van der Waals surface area contributed by atoms with Gasteiger partial charge in [0.1, 0.15) is 54.1 Å². The molecule has 77 heavy (non-hydrogen) atoms. The number of amides is 1. The molecule has 0 bridgehead atoms. The molecule has 4 aromatic carbocycles. The number of aliphatic hydroxyl groups excluding tert-OH is 1. The molecule has 2 aliphatic heterocycles. The summed E-state index contributed by atoms with van der Waals surface area (Å²) in [4.78, 5) is 54.5. The van der Waals surface area contributed by atoms with E-state index in [4.69, 9.17) is 58.5 Å². The van der Waals surface area contributed by atoms with Crippen molar-refractivity contribution >= 4 is 41.4 Å². The van der Waals surface area contributed by atoms with Crippen LogP contribution in [0.2, 0.25) is 0 Å². The molecule has 8 atom stereocenters. The molecular formula is C53H55N8O14PS. The first-order valence-electron chi connectivity index (χ1n) is 24.4. The van der Waals surface area contributed by atoms with Crippen LogP contribution in [0.3, 0.4) is 0 Å². The second-order valence-electron chi connectivity index (χ2n) is 17.6. The van der Waals surface area contributed by atoms with Gasteiger partial charge in [-0.25, -0.2) is 19.7 Å². The van der Waals surface area contributed by atoms with E-state index in [2.05, 4.69) is 25.3 Å². The summed E-state index contributed by atoms with van der Waals surface area (Å²) in [5.74, 6) is 1.01. The van der Waals surface area contributed by atoms with Crippen LogP contribution in [0, 0.1) is 11.3 Å². The standard InChI is InChI=1S/C53H55N8O14PS/c1-66-27-28-69-47-46(75-76(77,71-26-10-24-54)72-31-41-40(62)29-44(73-41)61-33-57-45-48(55-32-56-49(45)61)59-50(64)34-11-6-4-7-12-34)42(74-51(47)60-25-23-43(63)58-52(60)65)30-70-53(35-13-8-5-9-14-35,36-15-19-38(67-2)20-16-36)37-17-21-39(68-3)22-18-37/h4-9,11-23,25,32-33,40-42,44,46-47,51,62H,10,26-31H2,1-3H3,(H,58,63,65)(H,55,56,59,64)/t40-,41+,42+,44+,46+,47+,51+,76?/m0/s1. The minimum Gasteiger partial charge on any atom is -0.497 e. The molecule has 0 saturated carbocycles. The molecule has 1 amide bonds. The second-order valence-corrected chi connectivity index (χ2v) is 20.5. The molecule has 0 radical (unpaired) electrons. The monoisotopic (exact) mass is 1090 g/mol. The zero-order valence-electron chi connectivity index (χ0n) is 42.0. The van der Waals surface area contributed by atoms with Gasteiger partial charge >= 0.3 is 12.4 Å². The fourth-order valence-corrected chi connectivity index (χ4v) is 11.2. The number of nitriles is 1. The molecule has 22 nitrogen and oxygen atoms in total. The Morgan fingerprint density at radius 2 is 1.49 bits per heavy atom. The Kier molecular flexibility index (Phi) is 17.7. The highest BCUT2D eigenvalue weighted by molar-refractivity contribution is 8.07. The lowest BCUT2D eigenvalue weighted by atomic mass is 9.80. The Morgan fingerprint density at radius 1 is 0.818 bits per heavy atom. The highest BCUT2D eigenvalue weighted by Crippen LogP contribution is 2.55. The number of imidazole rings is 1. The van der Waals surface area contributed by atoms with Gasteiger partial charge in [-0.3, -0.25) is 28.2 Å². The highest BCUT2D eigenvalue weighted by atomic mass is 32.5. The molecule has 2 saturated heterocycles. The number of aromatic nitrogens is 6. The maximum Gasteiger partial charge on any atom is 0.330 e. The number of hydrogen-bond acceptors (Lipinski definition) is 19. The Balaban J connectivity index is 1.04. The van der Waals surface area contributed by atoms with E-state index in [0.717, 1.165) is 5.56 Å². The summed E-state index contributed by atoms with van der Waals surface area (Å²) in [5.41, 5.74) is 0.401. The lowest BCUT2D eigenvalue weighted by Gasteiger charge is -2.37. The predicted molar refractivity (Wildman–Crippen MR) is 281 cm³/mol. The molecule has 9 rings (SSSR count). The van der Waals surface area contributed by atoms with E-state index < -0.39 is 66.5 Å². The number of carbonyl (C=O) groups excluding carboxylic acids is 1. The van der Waals surface area contributed by atoms with Crippen LogP contribution in [0.15, 0.2) is 144 Å². The number of benzene rings is 4. The van der Waals surface area contributed by atoms with E-state index in [9.17, 15) is 24.8 Å². The summed E-state index contributed by atoms with van der Waals surface area (Å²) in [7, 11) is 4.65. The summed E-state index contributed by atoms with van der Waals surface area (Å²) in [6, 6.07) is 36.3. The average Bonchev–Trinajstić information content (AvgIpc) is 4.17. The van der Waals surface area contributed by atoms with Crippen molar-refractivity contribution in [1.29, 1.82) is 5.26 Å². The van der Waals surface area contributed by atoms with E-state index in [1.807, 2.05) is 84.9 Å². The van der Waals surface area contributed by atoms with Gasteiger partial charge in [-0.1, -0.05) is 72.8 Å². The zero-order valence-corrected chi connectivity index (χ0v) is 43.7. The molecule has 5 heterocycles. The van der Waals surface area contributed by atoms with Crippen LogP contribution < -0.4 is 26.0 Å². The summed E-state index contributed by atoms with van der Waals surface area (Å²) in [5, 5.41) is 23.9. The average molecular weight is 1090 g/mol. The number of carbonyl (C=O) groups is 1. The van der Waals surface area contributed by atoms with Crippen LogP contribution in [0.5, 0.6) is 11.5 Å². The summed E-state index contributed by atoms with van der Waals surface area (Å²) < 4.78 is 65.7. The zero-order chi connectivity index (χ0) is 53.9. The molecule has 402 valence electrons. The Bertz CT molecular complexity index is 3260. The molecule has 3 N–H and O–H groups in total. The van der Waals surface area contributed by atoms with Gasteiger partial charge in [0, 0.05) is 31.4 Å². The Morgan fingerprint density at radius 3 is 2.14 bits per heavy atom. The number of nitrogens with zero attached hydrogens (tertiary/aromatic N) is 6. The maximum absolute atomic E-state index is 13.6. The second kappa shape index (κ2) is 25.0. The van der Waals surface area contributed by atoms with Gasteiger partial charge < -0.3 is 52.6 Å². The van der Waals surface area contributed by atoms with Crippen LogP contribution in [0.4, 0.5) is 5.82 Å². The Hall–Kier alpha value is -7.04. The number of methoxy groups -OCH3 is 3. The minimum atomic E-state index is -4.06. The van der Waals surface area contributed by atoms with Crippen LogP contribution in [-0.2, 0) is 54.7 Å². The van der Waals surface area contributed by atoms with Crippen molar-refractivity contribution < 1.29 is 56.6 Å². The van der Waals surface area contributed by atoms with Crippen molar-refractivity contribution in [3.05, 3.63) is 177 Å². The molecule has 7 aromatic rings. The quantitative estimate of drug-likeness (QED) is 0.0367. The van der Waals surface area contributed by atoms with E-state index in [-0.39, 0.29) is 57.6 Å². The minimum absolute atomic E-state index is 0.0184. The number of rotatable bonds is 24. The summed E-state index contributed by atoms with van der Waals surface area (Å²) in [6.07, 6.45) is -3.78. The van der Waals surface area contributed by atoms with Gasteiger partial charge in [0.2, 0.25) is 0 Å². The molecule has 24 heteroatoms. The number of aliphatic hydroxyl groups is 1. The lowest BCUT2D eigenvalue weighted by molar-refractivity contribution is -0.0993. The predicted octanol–water partition coefficient (Wildman–Crippen LogP) is 5.79. The third kappa shape index (κ3) is 12.2. The molecule has 0 spiro atoms. The van der Waals surface area contributed by atoms with Gasteiger partial charge in [0.15, 0.2) is 23.2 Å². The SMILES string of the molecule is COCCO[C@@H]1[C@H](OP(=S)(OCCC#N)OC[C@H]2O[C@@H](n3cnc4c(NC(=O)c5ccccc5)ncnc43)C[C@@H]2O)[C@@H](COC(c2ccccc2)(c2ccc(OC)cc2)c2ccc(OC)cc2)O[C@H]1n1ccc(=O)[nH]c1=O. The first-order chi connectivity index (χ1) is 37.5. The van der Waals surface area contributed by atoms with Crippen LogP contribution in [0.1, 0.15) is 52.3 Å². The summed E-state index contributed by atoms with van der Waals surface area (Å²) >= 11 is 6.17. The number of aromatic amines is 1. The lowest BCUT2D eigenvalue weighted by Crippen LogP contribution is -2.42. The van der Waals surface area contributed by atoms with Gasteiger partial charge in [-0.15, -0.1) is 0 Å². The van der Waals surface area contributed by atoms with E-state index in [1.54, 1.807) is 49.1 Å². The van der Waals surface area contributed by atoms with Crippen molar-refractivity contribution in [2.75, 3.05) is 59.7 Å². The Labute approximate surface area is 446 Å². The highest BCUT2D eigenvalue weighted by Gasteiger charge is 2.52. The van der Waals surface area contributed by atoms with Crippen molar-refractivity contribution in [2.24, 2.45) is 0 Å². The number of ether oxygens (including phenoxy) is 7. The fourth-order valence-electron chi connectivity index (χ4n) is 9.12. The smallest absolute Gasteiger partial charge is 0.330 e. The molecular weight excluding hydrogens is 1040 g/mol. The van der Waals surface area contributed by atoms with Gasteiger partial charge in [0.05, 0.1) is 72.2 Å². The molecule has 2 fully saturated rings. The van der Waals surface area contributed by atoms with Gasteiger partial charge in [-0.05, 0) is 64.9 Å². The van der Waals surface area contributed by atoms with E-state index >= 15 is 0 Å². The maximum atomic E-state index is 13.6. The number of anilines is 1. The third-order valence-electron chi connectivity index (χ3n) is 12.9. The topological polar surface area (TPSA) is 264 Å². The molecule has 3 aromatic heterocycles. The van der Waals surface area contributed by atoms with Crippen molar-refractivity contribution in [1.82, 2.24) is 29.1 Å². The number of hydrogen-bond donors (Lipinski definition) is 3. The van der Waals surface area contributed by atoms with Crippen LogP contribution in [0.25, 0.3) is 11.2 Å². The first-order valence-corrected chi connectivity index (χ1v) is 26.9. The van der Waals surface area contributed by atoms with Gasteiger partial charge in [-0.2, -0.15) is 5.26 Å².